The Balaban J connectivity index is 2.05. The van der Waals surface area contributed by atoms with E-state index in [-0.39, 0.29) is 29.0 Å². The predicted octanol–water partition coefficient (Wildman–Crippen LogP) is 2.33. The molecular weight excluding hydrogens is 269 g/mol. The number of hydrogen-bond acceptors (Lipinski definition) is 2. The Kier molecular flexibility index (Phi) is 4.56. The van der Waals surface area contributed by atoms with Crippen molar-refractivity contribution in [3.05, 3.63) is 40.7 Å². The van der Waals surface area contributed by atoms with Crippen LogP contribution in [0.2, 0.25) is 5.02 Å². The van der Waals surface area contributed by atoms with Crippen molar-refractivity contribution in [3.63, 3.8) is 0 Å². The van der Waals surface area contributed by atoms with Crippen LogP contribution in [0, 0.1) is 11.7 Å². The van der Waals surface area contributed by atoms with Crippen LogP contribution in [-0.2, 0) is 4.79 Å². The van der Waals surface area contributed by atoms with E-state index in [1.807, 2.05) is 0 Å². The van der Waals surface area contributed by atoms with E-state index in [1.165, 1.54) is 24.3 Å². The van der Waals surface area contributed by atoms with Crippen molar-refractivity contribution in [1.29, 1.82) is 0 Å². The van der Waals surface area contributed by atoms with Gasteiger partial charge in [-0.25, -0.2) is 4.39 Å². The summed E-state index contributed by atoms with van der Waals surface area (Å²) in [7, 11) is 0. The number of halogens is 2. The Bertz CT molecular complexity index is 484. The number of aliphatic hydroxyl groups excluding tert-OH is 1. The number of carbonyl (C=O) groups excluding carboxylic acids is 1. The normalized spacial score (nSPS) is 19.3. The van der Waals surface area contributed by atoms with Gasteiger partial charge in [0.15, 0.2) is 0 Å². The molecule has 0 spiro atoms. The molecule has 1 saturated heterocycles. The van der Waals surface area contributed by atoms with E-state index in [1.54, 1.807) is 11.0 Å². The summed E-state index contributed by atoms with van der Waals surface area (Å²) in [4.78, 5) is 13.5. The van der Waals surface area contributed by atoms with E-state index in [0.717, 1.165) is 6.42 Å². The second-order valence-corrected chi connectivity index (χ2v) is 5.00. The fraction of sp³-hybridized carbons (Fsp3) is 0.357. The van der Waals surface area contributed by atoms with E-state index < -0.39 is 5.82 Å². The lowest BCUT2D eigenvalue weighted by molar-refractivity contribution is -0.125. The number of hydrogen-bond donors (Lipinski definition) is 1. The maximum atomic E-state index is 13.5. The molecule has 0 bridgehead atoms. The minimum atomic E-state index is -0.453. The van der Waals surface area contributed by atoms with Crippen LogP contribution < -0.4 is 0 Å². The molecule has 0 radical (unpaired) electrons. The first-order valence-electron chi connectivity index (χ1n) is 6.13. The summed E-state index contributed by atoms with van der Waals surface area (Å²) in [6.07, 6.45) is 3.52. The zero-order valence-corrected chi connectivity index (χ0v) is 11.1. The lowest BCUT2D eigenvalue weighted by atomic mass is 10.1. The SMILES string of the molecule is O=C(/C=C/c1c(F)cccc1Cl)N1CCC(CO)C1. The minimum Gasteiger partial charge on any atom is -0.396 e. The van der Waals surface area contributed by atoms with E-state index in [4.69, 9.17) is 16.7 Å². The Hall–Kier alpha value is -1.39. The van der Waals surface area contributed by atoms with Crippen LogP contribution in [0.25, 0.3) is 6.08 Å². The Morgan fingerprint density at radius 2 is 2.37 bits per heavy atom. The third-order valence-electron chi connectivity index (χ3n) is 3.25. The molecule has 2 rings (SSSR count). The van der Waals surface area contributed by atoms with Crippen molar-refractivity contribution >= 4 is 23.6 Å². The smallest absolute Gasteiger partial charge is 0.246 e. The Morgan fingerprint density at radius 3 is 3.00 bits per heavy atom. The third-order valence-corrected chi connectivity index (χ3v) is 3.58. The monoisotopic (exact) mass is 283 g/mol. The first-order valence-corrected chi connectivity index (χ1v) is 6.51. The van der Waals surface area contributed by atoms with Gasteiger partial charge < -0.3 is 10.0 Å². The van der Waals surface area contributed by atoms with Gasteiger partial charge in [0.25, 0.3) is 0 Å². The molecular formula is C14H15ClFNO2. The summed E-state index contributed by atoms with van der Waals surface area (Å²) in [5.41, 5.74) is 0.218. The zero-order valence-electron chi connectivity index (χ0n) is 10.4. The van der Waals surface area contributed by atoms with Crippen molar-refractivity contribution in [2.24, 2.45) is 5.92 Å². The van der Waals surface area contributed by atoms with Gasteiger partial charge in [-0.3, -0.25) is 4.79 Å². The average Bonchev–Trinajstić information content (AvgIpc) is 2.86. The van der Waals surface area contributed by atoms with E-state index in [0.29, 0.717) is 13.1 Å². The Morgan fingerprint density at radius 1 is 1.58 bits per heavy atom. The van der Waals surface area contributed by atoms with Crippen molar-refractivity contribution in [2.45, 2.75) is 6.42 Å². The number of rotatable bonds is 3. The van der Waals surface area contributed by atoms with Crippen LogP contribution >= 0.6 is 11.6 Å². The molecule has 1 N–H and O–H groups in total. The minimum absolute atomic E-state index is 0.0899. The van der Waals surface area contributed by atoms with Crippen LogP contribution in [-0.4, -0.2) is 35.6 Å². The maximum absolute atomic E-state index is 13.5. The lowest BCUT2D eigenvalue weighted by Crippen LogP contribution is -2.27. The molecule has 1 heterocycles. The van der Waals surface area contributed by atoms with Gasteiger partial charge in [0, 0.05) is 37.3 Å². The number of benzene rings is 1. The summed E-state index contributed by atoms with van der Waals surface area (Å²) in [6.45, 7) is 1.26. The molecule has 0 aliphatic carbocycles. The Labute approximate surface area is 116 Å². The standard InChI is InChI=1S/C14H15ClFNO2/c15-12-2-1-3-13(16)11(12)4-5-14(19)17-7-6-10(8-17)9-18/h1-5,10,18H,6-9H2/b5-4+. The summed E-state index contributed by atoms with van der Waals surface area (Å²) < 4.78 is 13.5. The van der Waals surface area contributed by atoms with Crippen molar-refractivity contribution in [2.75, 3.05) is 19.7 Å². The maximum Gasteiger partial charge on any atom is 0.246 e. The molecule has 1 fully saturated rings. The third kappa shape index (κ3) is 3.33. The van der Waals surface area contributed by atoms with Gasteiger partial charge in [-0.1, -0.05) is 17.7 Å². The molecule has 19 heavy (non-hydrogen) atoms. The molecule has 1 aromatic carbocycles. The lowest BCUT2D eigenvalue weighted by Gasteiger charge is -2.13. The highest BCUT2D eigenvalue weighted by Crippen LogP contribution is 2.21. The highest BCUT2D eigenvalue weighted by molar-refractivity contribution is 6.32. The number of aliphatic hydroxyl groups is 1. The molecule has 1 aliphatic rings. The molecule has 1 unspecified atom stereocenters. The molecule has 1 atom stereocenters. The van der Waals surface area contributed by atoms with Gasteiger partial charge in [-0.2, -0.15) is 0 Å². The molecule has 5 heteroatoms. The van der Waals surface area contributed by atoms with Crippen LogP contribution in [0.4, 0.5) is 4.39 Å². The molecule has 1 aliphatic heterocycles. The fourth-order valence-electron chi connectivity index (χ4n) is 2.11. The first-order chi connectivity index (χ1) is 9.11. The van der Waals surface area contributed by atoms with E-state index in [2.05, 4.69) is 0 Å². The van der Waals surface area contributed by atoms with Crippen LogP contribution in [0.1, 0.15) is 12.0 Å². The fourth-order valence-corrected chi connectivity index (χ4v) is 2.34. The summed E-state index contributed by atoms with van der Waals surface area (Å²) in [6, 6.07) is 4.39. The average molecular weight is 284 g/mol. The van der Waals surface area contributed by atoms with Crippen LogP contribution in [0.15, 0.2) is 24.3 Å². The van der Waals surface area contributed by atoms with Gasteiger partial charge in [-0.05, 0) is 24.6 Å². The van der Waals surface area contributed by atoms with E-state index in [9.17, 15) is 9.18 Å². The van der Waals surface area contributed by atoms with Crippen molar-refractivity contribution in [1.82, 2.24) is 4.90 Å². The molecule has 102 valence electrons. The van der Waals surface area contributed by atoms with Gasteiger partial charge in [0.05, 0.1) is 5.02 Å². The second-order valence-electron chi connectivity index (χ2n) is 4.59. The molecule has 0 saturated carbocycles. The first kappa shape index (κ1) is 14.0. The summed E-state index contributed by atoms with van der Waals surface area (Å²) >= 11 is 5.87. The van der Waals surface area contributed by atoms with Crippen LogP contribution in [0.3, 0.4) is 0 Å². The summed E-state index contributed by atoms with van der Waals surface area (Å²) in [5, 5.41) is 9.30. The van der Waals surface area contributed by atoms with Gasteiger partial charge in [0.1, 0.15) is 5.82 Å². The number of amides is 1. The predicted molar refractivity (Wildman–Crippen MR) is 72.2 cm³/mol. The van der Waals surface area contributed by atoms with Gasteiger partial charge >= 0.3 is 0 Å². The van der Waals surface area contributed by atoms with Crippen molar-refractivity contribution in [3.8, 4) is 0 Å². The number of nitrogens with zero attached hydrogens (tertiary/aromatic N) is 1. The zero-order chi connectivity index (χ0) is 13.8. The quantitative estimate of drug-likeness (QED) is 0.865. The van der Waals surface area contributed by atoms with Gasteiger partial charge in [0.2, 0.25) is 5.91 Å². The van der Waals surface area contributed by atoms with Crippen LogP contribution in [0.5, 0.6) is 0 Å². The molecule has 1 aromatic rings. The van der Waals surface area contributed by atoms with Crippen molar-refractivity contribution < 1.29 is 14.3 Å². The highest BCUT2D eigenvalue weighted by atomic mass is 35.5. The summed E-state index contributed by atoms with van der Waals surface area (Å²) in [5.74, 6) is -0.490. The molecule has 1 amide bonds. The number of carbonyl (C=O) groups is 1. The molecule has 3 nitrogen and oxygen atoms in total. The molecule has 0 aromatic heterocycles. The van der Waals surface area contributed by atoms with Gasteiger partial charge in [-0.15, -0.1) is 0 Å². The number of likely N-dealkylation sites (tertiary alicyclic amines) is 1. The second kappa shape index (κ2) is 6.17. The highest BCUT2D eigenvalue weighted by Gasteiger charge is 2.24. The topological polar surface area (TPSA) is 40.5 Å². The largest absolute Gasteiger partial charge is 0.396 e. The van der Waals surface area contributed by atoms with E-state index >= 15 is 0 Å².